The summed E-state index contributed by atoms with van der Waals surface area (Å²) in [6, 6.07) is 19.9. The Morgan fingerprint density at radius 3 is 2.86 bits per heavy atom. The first kappa shape index (κ1) is 25.2. The van der Waals surface area contributed by atoms with Crippen LogP contribution in [0.25, 0.3) is 0 Å². The molecule has 6 heteroatoms. The lowest BCUT2D eigenvalue weighted by Gasteiger charge is -2.37. The normalized spacial score (nSPS) is 16.1. The largest absolute Gasteiger partial charge is 0.491 e. The maximum Gasteiger partial charge on any atom is 0.237 e. The molecule has 2 heterocycles. The second-order valence-corrected chi connectivity index (χ2v) is 10.1. The number of rotatable bonds is 11. The van der Waals surface area contributed by atoms with Gasteiger partial charge in [0.2, 0.25) is 5.91 Å². The summed E-state index contributed by atoms with van der Waals surface area (Å²) >= 11 is 1.75. The Hall–Kier alpha value is -2.93. The molecule has 4 rings (SSSR count). The zero-order valence-corrected chi connectivity index (χ0v) is 21.1. The number of nitrogens with zero attached hydrogens (tertiary/aromatic N) is 2. The van der Waals surface area contributed by atoms with Crippen molar-refractivity contribution in [1.82, 2.24) is 9.80 Å². The number of ether oxygens (including phenoxy) is 1. The van der Waals surface area contributed by atoms with Gasteiger partial charge >= 0.3 is 0 Å². The molecule has 0 bridgehead atoms. The second-order valence-electron chi connectivity index (χ2n) is 9.11. The van der Waals surface area contributed by atoms with Crippen molar-refractivity contribution in [2.45, 2.75) is 31.9 Å². The van der Waals surface area contributed by atoms with Gasteiger partial charge in [0.1, 0.15) is 12.4 Å². The third-order valence-corrected chi connectivity index (χ3v) is 7.34. The summed E-state index contributed by atoms with van der Waals surface area (Å²) in [7, 11) is 0. The van der Waals surface area contributed by atoms with Gasteiger partial charge in [0, 0.05) is 24.5 Å². The number of fused-ring (bicyclic) bond motifs is 1. The number of hydrogen-bond donors (Lipinski definition) is 1. The number of hydrogen-bond acceptors (Lipinski definition) is 5. The Balaban J connectivity index is 1.43. The molecule has 0 radical (unpaired) electrons. The number of thiophene rings is 1. The van der Waals surface area contributed by atoms with Gasteiger partial charge < -0.3 is 14.7 Å². The van der Waals surface area contributed by atoms with E-state index in [2.05, 4.69) is 18.0 Å². The first-order chi connectivity index (χ1) is 17.0. The summed E-state index contributed by atoms with van der Waals surface area (Å²) in [5, 5.41) is 12.8. The molecule has 184 valence electrons. The van der Waals surface area contributed by atoms with Crippen molar-refractivity contribution in [2.75, 3.05) is 32.8 Å². The van der Waals surface area contributed by atoms with Crippen LogP contribution in [0.1, 0.15) is 27.6 Å². The summed E-state index contributed by atoms with van der Waals surface area (Å²) < 4.78 is 6.16. The predicted octanol–water partition coefficient (Wildman–Crippen LogP) is 4.65. The molecule has 0 saturated carbocycles. The fourth-order valence-electron chi connectivity index (χ4n) is 4.67. The van der Waals surface area contributed by atoms with Crippen LogP contribution in [0.2, 0.25) is 0 Å². The van der Waals surface area contributed by atoms with Crippen molar-refractivity contribution in [3.8, 4) is 5.75 Å². The monoisotopic (exact) mass is 490 g/mol. The average molecular weight is 491 g/mol. The molecule has 0 fully saturated rings. The Labute approximate surface area is 212 Å². The number of aliphatic hydroxyl groups excluding tert-OH is 1. The first-order valence-electron chi connectivity index (χ1n) is 12.1. The van der Waals surface area contributed by atoms with E-state index in [9.17, 15) is 9.90 Å². The molecule has 0 saturated heterocycles. The minimum Gasteiger partial charge on any atom is -0.491 e. The first-order valence-corrected chi connectivity index (χ1v) is 13.0. The highest BCUT2D eigenvalue weighted by molar-refractivity contribution is 7.10. The third-order valence-electron chi connectivity index (χ3n) is 6.34. The van der Waals surface area contributed by atoms with Crippen LogP contribution >= 0.6 is 11.3 Å². The molecule has 1 aliphatic heterocycles. The number of aliphatic hydroxyl groups is 1. The smallest absolute Gasteiger partial charge is 0.237 e. The number of carbonyl (C=O) groups excluding carboxylic acids is 1. The van der Waals surface area contributed by atoms with E-state index in [1.807, 2.05) is 71.3 Å². The van der Waals surface area contributed by atoms with Gasteiger partial charge in [-0.2, -0.15) is 0 Å². The summed E-state index contributed by atoms with van der Waals surface area (Å²) in [5.74, 6) is 0.866. The van der Waals surface area contributed by atoms with E-state index in [4.69, 9.17) is 4.74 Å². The zero-order chi connectivity index (χ0) is 24.6. The number of benzene rings is 2. The van der Waals surface area contributed by atoms with Crippen LogP contribution in [0, 0.1) is 6.92 Å². The number of aryl methyl sites for hydroxylation is 1. The fourth-order valence-corrected chi connectivity index (χ4v) is 5.60. The number of amides is 1. The summed E-state index contributed by atoms with van der Waals surface area (Å²) in [5.41, 5.74) is 3.41. The lowest BCUT2D eigenvalue weighted by Crippen LogP contribution is -2.48. The van der Waals surface area contributed by atoms with Gasteiger partial charge in [-0.1, -0.05) is 48.5 Å². The molecule has 3 aromatic rings. The maximum absolute atomic E-state index is 13.5. The molecule has 0 spiro atoms. The molecule has 1 aromatic heterocycles. The van der Waals surface area contributed by atoms with E-state index >= 15 is 0 Å². The highest BCUT2D eigenvalue weighted by Crippen LogP contribution is 2.34. The minimum absolute atomic E-state index is 0.0495. The highest BCUT2D eigenvalue weighted by Gasteiger charge is 2.33. The van der Waals surface area contributed by atoms with E-state index in [0.29, 0.717) is 32.7 Å². The minimum atomic E-state index is -0.560. The Morgan fingerprint density at radius 2 is 2.09 bits per heavy atom. The van der Waals surface area contributed by atoms with E-state index in [1.165, 1.54) is 10.4 Å². The summed E-state index contributed by atoms with van der Waals surface area (Å²) in [4.78, 5) is 18.8. The van der Waals surface area contributed by atoms with Gasteiger partial charge in [0.25, 0.3) is 0 Å². The van der Waals surface area contributed by atoms with Crippen LogP contribution in [0.3, 0.4) is 0 Å². The molecule has 2 unspecified atom stereocenters. The second kappa shape index (κ2) is 12.2. The lowest BCUT2D eigenvalue weighted by atomic mass is 10.00. The fraction of sp³-hybridized carbons (Fsp3) is 0.345. The Bertz CT molecular complexity index is 1110. The number of carbonyl (C=O) groups is 1. The van der Waals surface area contributed by atoms with Crippen LogP contribution < -0.4 is 4.74 Å². The quantitative estimate of drug-likeness (QED) is 0.398. The Kier molecular flexibility index (Phi) is 8.74. The Morgan fingerprint density at radius 1 is 1.26 bits per heavy atom. The van der Waals surface area contributed by atoms with Crippen molar-refractivity contribution in [2.24, 2.45) is 0 Å². The van der Waals surface area contributed by atoms with Gasteiger partial charge in [0.15, 0.2) is 0 Å². The van der Waals surface area contributed by atoms with Crippen LogP contribution in [-0.4, -0.2) is 59.7 Å². The van der Waals surface area contributed by atoms with E-state index < -0.39 is 6.10 Å². The van der Waals surface area contributed by atoms with Gasteiger partial charge in [-0.15, -0.1) is 17.9 Å². The van der Waals surface area contributed by atoms with E-state index in [1.54, 1.807) is 17.4 Å². The van der Waals surface area contributed by atoms with Crippen molar-refractivity contribution in [1.29, 1.82) is 0 Å². The van der Waals surface area contributed by atoms with Crippen LogP contribution in [-0.2, 0) is 17.6 Å². The molecule has 2 atom stereocenters. The molecule has 1 aliphatic rings. The molecular weight excluding hydrogens is 456 g/mol. The zero-order valence-electron chi connectivity index (χ0n) is 20.3. The van der Waals surface area contributed by atoms with E-state index in [0.717, 1.165) is 23.3 Å². The topological polar surface area (TPSA) is 53.0 Å². The molecule has 1 N–H and O–H groups in total. The lowest BCUT2D eigenvalue weighted by molar-refractivity contribution is -0.136. The van der Waals surface area contributed by atoms with E-state index in [-0.39, 0.29) is 18.5 Å². The predicted molar refractivity (Wildman–Crippen MR) is 142 cm³/mol. The molecule has 35 heavy (non-hydrogen) atoms. The highest BCUT2D eigenvalue weighted by atomic mass is 32.1. The van der Waals surface area contributed by atoms with Crippen LogP contribution in [0.5, 0.6) is 5.75 Å². The molecular formula is C29H34N2O3S. The van der Waals surface area contributed by atoms with Gasteiger partial charge in [-0.25, -0.2) is 0 Å². The standard InChI is InChI=1S/C29H34N2O3S/c1-3-14-30(19-24(32)18-23-9-5-4-6-10-23)20-29(33)31-15-12-28-26(13-16-35-28)27(31)21-34-25-11-7-8-22(2)17-25/h3-11,13,16-17,24,27,32H,1,12,14-15,18-21H2,2H3. The summed E-state index contributed by atoms with van der Waals surface area (Å²) in [6.07, 6.45) is 2.64. The van der Waals surface area contributed by atoms with Crippen LogP contribution in [0.15, 0.2) is 78.7 Å². The van der Waals surface area contributed by atoms with Gasteiger partial charge in [-0.05, 0) is 60.0 Å². The molecule has 0 aliphatic carbocycles. The van der Waals surface area contributed by atoms with Crippen LogP contribution in [0.4, 0.5) is 0 Å². The average Bonchev–Trinajstić information content (AvgIpc) is 3.32. The van der Waals surface area contributed by atoms with Crippen molar-refractivity contribution in [3.63, 3.8) is 0 Å². The molecule has 1 amide bonds. The molecule has 2 aromatic carbocycles. The van der Waals surface area contributed by atoms with Crippen molar-refractivity contribution >= 4 is 17.2 Å². The van der Waals surface area contributed by atoms with Crippen molar-refractivity contribution in [3.05, 3.63) is 100 Å². The summed E-state index contributed by atoms with van der Waals surface area (Å²) in [6.45, 7) is 8.17. The SMILES string of the molecule is C=CCN(CC(=O)N1CCc2sccc2C1COc1cccc(C)c1)CC(O)Cc1ccccc1. The third kappa shape index (κ3) is 6.82. The van der Waals surface area contributed by atoms with Gasteiger partial charge in [-0.3, -0.25) is 9.69 Å². The van der Waals surface area contributed by atoms with Gasteiger partial charge in [0.05, 0.1) is 18.7 Å². The van der Waals surface area contributed by atoms with Crippen molar-refractivity contribution < 1.29 is 14.6 Å². The maximum atomic E-state index is 13.5. The molecule has 5 nitrogen and oxygen atoms in total.